The van der Waals surface area contributed by atoms with Gasteiger partial charge in [-0.1, -0.05) is 12.1 Å². The minimum atomic E-state index is 0.201. The van der Waals surface area contributed by atoms with Gasteiger partial charge in [0.2, 0.25) is 0 Å². The van der Waals surface area contributed by atoms with E-state index in [1.54, 1.807) is 35.3 Å². The molecule has 2 aromatic rings. The highest BCUT2D eigenvalue weighted by atomic mass is 16.5. The molecule has 0 saturated carbocycles. The number of aromatic hydroxyl groups is 1. The first-order valence-electron chi connectivity index (χ1n) is 5.53. The molecular formula is C12H13N3O2. The molecule has 0 atom stereocenters. The third kappa shape index (κ3) is 1.97. The van der Waals surface area contributed by atoms with Crippen LogP contribution in [-0.4, -0.2) is 34.1 Å². The molecule has 0 amide bonds. The molecule has 1 aromatic carbocycles. The number of phenols is 1. The molecule has 0 unspecified atom stereocenters. The summed E-state index contributed by atoms with van der Waals surface area (Å²) in [7, 11) is 0. The number of phenolic OH excluding ortho intramolecular Hbond substituents is 1. The maximum absolute atomic E-state index is 9.70. The van der Waals surface area contributed by atoms with Crippen molar-refractivity contribution in [2.45, 2.75) is 6.10 Å². The molecule has 17 heavy (non-hydrogen) atoms. The largest absolute Gasteiger partial charge is 0.506 e. The van der Waals surface area contributed by atoms with Crippen LogP contribution in [0.25, 0.3) is 5.69 Å². The first-order valence-corrected chi connectivity index (χ1v) is 5.53. The van der Waals surface area contributed by atoms with Crippen LogP contribution in [0.5, 0.6) is 11.5 Å². The van der Waals surface area contributed by atoms with Gasteiger partial charge < -0.3 is 15.2 Å². The van der Waals surface area contributed by atoms with Crippen molar-refractivity contribution in [3.8, 4) is 17.2 Å². The van der Waals surface area contributed by atoms with E-state index in [9.17, 15) is 5.11 Å². The lowest BCUT2D eigenvalue weighted by Gasteiger charge is -2.26. The zero-order valence-corrected chi connectivity index (χ0v) is 9.21. The van der Waals surface area contributed by atoms with E-state index in [0.29, 0.717) is 5.69 Å². The van der Waals surface area contributed by atoms with Gasteiger partial charge in [0.15, 0.2) is 5.75 Å². The van der Waals surface area contributed by atoms with Crippen LogP contribution in [0.15, 0.2) is 36.7 Å². The van der Waals surface area contributed by atoms with Crippen molar-refractivity contribution in [1.29, 1.82) is 0 Å². The molecule has 88 valence electrons. The Kier molecular flexibility index (Phi) is 2.45. The highest BCUT2D eigenvalue weighted by Gasteiger charge is 2.19. The summed E-state index contributed by atoms with van der Waals surface area (Å²) in [6.07, 6.45) is 3.66. The molecule has 2 heterocycles. The number of ether oxygens (including phenoxy) is 1. The monoisotopic (exact) mass is 231 g/mol. The van der Waals surface area contributed by atoms with Crippen molar-refractivity contribution >= 4 is 0 Å². The first-order chi connectivity index (χ1) is 8.33. The van der Waals surface area contributed by atoms with E-state index >= 15 is 0 Å². The molecule has 1 aliphatic rings. The van der Waals surface area contributed by atoms with Gasteiger partial charge in [-0.2, -0.15) is 5.10 Å². The molecule has 2 N–H and O–H groups in total. The molecule has 0 spiro atoms. The Hall–Kier alpha value is -2.01. The number of nitrogens with zero attached hydrogens (tertiary/aromatic N) is 2. The number of hydrogen-bond donors (Lipinski definition) is 2. The maximum atomic E-state index is 9.70. The quantitative estimate of drug-likeness (QED) is 0.825. The highest BCUT2D eigenvalue weighted by molar-refractivity contribution is 5.45. The second-order valence-corrected chi connectivity index (χ2v) is 4.01. The Morgan fingerprint density at radius 1 is 1.35 bits per heavy atom. The minimum absolute atomic E-state index is 0.201. The lowest BCUT2D eigenvalue weighted by Crippen LogP contribution is -2.50. The van der Waals surface area contributed by atoms with Crippen LogP contribution in [0.1, 0.15) is 0 Å². The standard InChI is InChI=1S/C12H13N3O2/c16-12-4-2-1-3-11(12)15-8-10(7-14-15)17-9-5-13-6-9/h1-4,7-9,13,16H,5-6H2. The van der Waals surface area contributed by atoms with Crippen molar-refractivity contribution < 1.29 is 9.84 Å². The summed E-state index contributed by atoms with van der Waals surface area (Å²) in [5, 5.41) is 17.0. The third-order valence-corrected chi connectivity index (χ3v) is 2.73. The zero-order valence-electron chi connectivity index (χ0n) is 9.21. The van der Waals surface area contributed by atoms with Crippen LogP contribution in [0, 0.1) is 0 Å². The van der Waals surface area contributed by atoms with Gasteiger partial charge in [-0.25, -0.2) is 4.68 Å². The number of aromatic nitrogens is 2. The predicted molar refractivity (Wildman–Crippen MR) is 62.5 cm³/mol. The Bertz CT molecular complexity index is 520. The second-order valence-electron chi connectivity index (χ2n) is 4.01. The molecule has 1 fully saturated rings. The van der Waals surface area contributed by atoms with Gasteiger partial charge in [0, 0.05) is 13.1 Å². The number of para-hydroxylation sites is 2. The lowest BCUT2D eigenvalue weighted by molar-refractivity contribution is 0.142. The van der Waals surface area contributed by atoms with Gasteiger partial charge in [0.25, 0.3) is 0 Å². The molecule has 5 heteroatoms. The molecule has 0 radical (unpaired) electrons. The van der Waals surface area contributed by atoms with Crippen molar-refractivity contribution in [3.63, 3.8) is 0 Å². The Morgan fingerprint density at radius 2 is 2.18 bits per heavy atom. The summed E-state index contributed by atoms with van der Waals surface area (Å²) < 4.78 is 7.27. The van der Waals surface area contributed by atoms with Gasteiger partial charge in [-0.05, 0) is 12.1 Å². The summed E-state index contributed by atoms with van der Waals surface area (Å²) in [5.74, 6) is 0.923. The molecule has 1 aromatic heterocycles. The molecule has 1 aliphatic heterocycles. The number of nitrogens with one attached hydrogen (secondary N) is 1. The van der Waals surface area contributed by atoms with Crippen LogP contribution < -0.4 is 10.1 Å². The van der Waals surface area contributed by atoms with Gasteiger partial charge in [-0.15, -0.1) is 0 Å². The van der Waals surface area contributed by atoms with E-state index in [0.717, 1.165) is 18.8 Å². The van der Waals surface area contributed by atoms with E-state index in [1.807, 2.05) is 6.07 Å². The van der Waals surface area contributed by atoms with Crippen LogP contribution in [-0.2, 0) is 0 Å². The summed E-state index contributed by atoms with van der Waals surface area (Å²) in [4.78, 5) is 0. The van der Waals surface area contributed by atoms with Crippen molar-refractivity contribution in [1.82, 2.24) is 15.1 Å². The molecular weight excluding hydrogens is 218 g/mol. The summed E-state index contributed by atoms with van der Waals surface area (Å²) in [6, 6.07) is 7.07. The Labute approximate surface area is 98.6 Å². The normalized spacial score (nSPS) is 15.5. The number of hydrogen-bond acceptors (Lipinski definition) is 4. The van der Waals surface area contributed by atoms with E-state index in [2.05, 4.69) is 10.4 Å². The minimum Gasteiger partial charge on any atom is -0.506 e. The van der Waals surface area contributed by atoms with Crippen LogP contribution in [0.4, 0.5) is 0 Å². The average molecular weight is 231 g/mol. The summed E-state index contributed by atoms with van der Waals surface area (Å²) >= 11 is 0. The van der Waals surface area contributed by atoms with E-state index in [-0.39, 0.29) is 11.9 Å². The van der Waals surface area contributed by atoms with Crippen LogP contribution >= 0.6 is 0 Å². The lowest BCUT2D eigenvalue weighted by atomic mass is 10.2. The van der Waals surface area contributed by atoms with Crippen LogP contribution in [0.2, 0.25) is 0 Å². The van der Waals surface area contributed by atoms with E-state index in [4.69, 9.17) is 4.74 Å². The van der Waals surface area contributed by atoms with E-state index in [1.165, 1.54) is 0 Å². The maximum Gasteiger partial charge on any atom is 0.158 e. The number of benzene rings is 1. The predicted octanol–water partition coefficient (Wildman–Crippen LogP) is 0.928. The van der Waals surface area contributed by atoms with Gasteiger partial charge in [0.05, 0.1) is 12.4 Å². The fourth-order valence-electron chi connectivity index (χ4n) is 1.69. The van der Waals surface area contributed by atoms with Crippen molar-refractivity contribution in [3.05, 3.63) is 36.7 Å². The SMILES string of the molecule is Oc1ccccc1-n1cc(OC2CNC2)cn1. The second kappa shape index (κ2) is 4.10. The van der Waals surface area contributed by atoms with Gasteiger partial charge >= 0.3 is 0 Å². The van der Waals surface area contributed by atoms with Gasteiger partial charge in [-0.3, -0.25) is 0 Å². The molecule has 0 aliphatic carbocycles. The van der Waals surface area contributed by atoms with E-state index < -0.39 is 0 Å². The average Bonchev–Trinajstić information content (AvgIpc) is 2.73. The van der Waals surface area contributed by atoms with Crippen LogP contribution in [0.3, 0.4) is 0 Å². The molecule has 0 bridgehead atoms. The summed E-state index contributed by atoms with van der Waals surface area (Å²) in [5.41, 5.74) is 0.647. The van der Waals surface area contributed by atoms with Gasteiger partial charge in [0.1, 0.15) is 17.5 Å². The summed E-state index contributed by atoms with van der Waals surface area (Å²) in [6.45, 7) is 1.75. The van der Waals surface area contributed by atoms with Crippen molar-refractivity contribution in [2.75, 3.05) is 13.1 Å². The fourth-order valence-corrected chi connectivity index (χ4v) is 1.69. The highest BCUT2D eigenvalue weighted by Crippen LogP contribution is 2.22. The fraction of sp³-hybridized carbons (Fsp3) is 0.250. The Morgan fingerprint density at radius 3 is 2.88 bits per heavy atom. The molecule has 1 saturated heterocycles. The first kappa shape index (κ1) is 10.2. The zero-order chi connectivity index (χ0) is 11.7. The topological polar surface area (TPSA) is 59.3 Å². The molecule has 3 rings (SSSR count). The Balaban J connectivity index is 1.82. The number of rotatable bonds is 3. The molecule has 5 nitrogen and oxygen atoms in total. The van der Waals surface area contributed by atoms with Crippen molar-refractivity contribution in [2.24, 2.45) is 0 Å². The third-order valence-electron chi connectivity index (χ3n) is 2.73. The smallest absolute Gasteiger partial charge is 0.158 e.